The molecule has 0 amide bonds. The van der Waals surface area contributed by atoms with Crippen molar-refractivity contribution < 1.29 is 28.3 Å². The first kappa shape index (κ1) is 16.1. The zero-order chi connectivity index (χ0) is 13.6. The van der Waals surface area contributed by atoms with E-state index in [2.05, 4.69) is 18.2 Å². The number of para-hydroxylation sites is 2. The van der Waals surface area contributed by atoms with Gasteiger partial charge in [-0.3, -0.25) is 0 Å². The number of halogens is 1. The van der Waals surface area contributed by atoms with Gasteiger partial charge in [0.05, 0.1) is 0 Å². The molecular formula is C17H16ClO2Zr. The van der Waals surface area contributed by atoms with E-state index in [1.807, 2.05) is 60.7 Å². The molecule has 107 valence electrons. The Balaban J connectivity index is 0.00000161. The van der Waals surface area contributed by atoms with Crippen molar-refractivity contribution in [1.82, 2.24) is 0 Å². The van der Waals surface area contributed by atoms with Crippen LogP contribution in [0.25, 0.3) is 0 Å². The summed E-state index contributed by atoms with van der Waals surface area (Å²) >= 11 is -2.58. The van der Waals surface area contributed by atoms with E-state index in [-0.39, 0.29) is 12.4 Å². The molecule has 0 saturated carbocycles. The van der Waals surface area contributed by atoms with Crippen molar-refractivity contribution in [1.29, 1.82) is 0 Å². The number of hydrogen-bond donors (Lipinski definition) is 0. The fourth-order valence-electron chi connectivity index (χ4n) is 1.94. The quantitative estimate of drug-likeness (QED) is 0.739. The van der Waals surface area contributed by atoms with Crippen LogP contribution in [0.4, 0.5) is 0 Å². The van der Waals surface area contributed by atoms with Crippen molar-refractivity contribution in [3.05, 3.63) is 82.2 Å². The standard InChI is InChI=1S/2C6H6O.C5H5.ClH.Zr/c2*7-6-4-2-1-3-5-6;1-2-4-5-3-1;;/h2*1-5,7H;1-3H,4H2;1H;/q;;;;+2/p-2. The molecule has 4 heteroatoms. The third-order valence-electron chi connectivity index (χ3n) is 2.94. The van der Waals surface area contributed by atoms with E-state index in [1.54, 1.807) is 0 Å². The van der Waals surface area contributed by atoms with Crippen molar-refractivity contribution in [2.75, 3.05) is 0 Å². The van der Waals surface area contributed by atoms with Gasteiger partial charge in [-0.05, 0) is 0 Å². The van der Waals surface area contributed by atoms with Gasteiger partial charge in [0.15, 0.2) is 0 Å². The predicted octanol–water partition coefficient (Wildman–Crippen LogP) is 4.86. The molecule has 0 radical (unpaired) electrons. The van der Waals surface area contributed by atoms with Crippen LogP contribution in [0, 0.1) is 0 Å². The molecular weight excluding hydrogens is 363 g/mol. The van der Waals surface area contributed by atoms with E-state index < -0.39 is 22.6 Å². The molecule has 1 aliphatic rings. The second-order valence-electron chi connectivity index (χ2n) is 4.44. The van der Waals surface area contributed by atoms with Crippen molar-refractivity contribution in [2.24, 2.45) is 0 Å². The number of hydrogen-bond acceptors (Lipinski definition) is 2. The summed E-state index contributed by atoms with van der Waals surface area (Å²) in [5.41, 5.74) is 0. The zero-order valence-corrected chi connectivity index (χ0v) is 14.7. The third kappa shape index (κ3) is 4.59. The Morgan fingerprint density at radius 2 is 1.29 bits per heavy atom. The van der Waals surface area contributed by atoms with Crippen LogP contribution in [0.3, 0.4) is 0 Å². The molecule has 0 N–H and O–H groups in total. The summed E-state index contributed by atoms with van der Waals surface area (Å²) in [5.74, 6) is 1.79. The molecule has 0 saturated heterocycles. The van der Waals surface area contributed by atoms with Gasteiger partial charge in [0.2, 0.25) is 0 Å². The summed E-state index contributed by atoms with van der Waals surface area (Å²) in [4.78, 5) is 0. The molecule has 2 aromatic rings. The minimum Gasteiger partial charge on any atom is -0.147 e. The third-order valence-corrected chi connectivity index (χ3v) is 7.21. The first-order valence-electron chi connectivity index (χ1n) is 6.61. The number of allylic oxidation sites excluding steroid dienone is 4. The fraction of sp³-hybridized carbons (Fsp3) is 0.0588. The Morgan fingerprint density at radius 1 is 0.762 bits per heavy atom. The summed E-state index contributed by atoms with van der Waals surface area (Å²) in [6, 6.07) is 19.9. The van der Waals surface area contributed by atoms with Gasteiger partial charge in [-0.25, -0.2) is 0 Å². The van der Waals surface area contributed by atoms with Gasteiger partial charge in [-0.15, -0.1) is 12.4 Å². The average Bonchev–Trinajstić information content (AvgIpc) is 3.03. The molecule has 0 unspecified atom stereocenters. The molecule has 0 fully saturated rings. The van der Waals surface area contributed by atoms with E-state index in [9.17, 15) is 0 Å². The van der Waals surface area contributed by atoms with Gasteiger partial charge in [0.25, 0.3) is 0 Å². The Hall–Kier alpha value is -1.31. The summed E-state index contributed by atoms with van der Waals surface area (Å²) in [7, 11) is 0. The summed E-state index contributed by atoms with van der Waals surface area (Å²) in [6.07, 6.45) is 7.33. The van der Waals surface area contributed by atoms with Crippen LogP contribution in [0.5, 0.6) is 11.5 Å². The van der Waals surface area contributed by atoms with E-state index in [1.165, 1.54) is 3.28 Å². The first-order valence-corrected chi connectivity index (χ1v) is 9.84. The van der Waals surface area contributed by atoms with Crippen molar-refractivity contribution in [3.63, 3.8) is 0 Å². The largest absolute Gasteiger partial charge is 0.147 e. The minimum atomic E-state index is -2.58. The Kier molecular flexibility index (Phi) is 6.28. The van der Waals surface area contributed by atoms with Crippen molar-refractivity contribution in [3.8, 4) is 11.5 Å². The van der Waals surface area contributed by atoms with Crippen molar-refractivity contribution >= 4 is 12.4 Å². The molecule has 0 heterocycles. The molecule has 0 aliphatic heterocycles. The fourth-order valence-corrected chi connectivity index (χ4v) is 5.68. The van der Waals surface area contributed by atoms with E-state index >= 15 is 0 Å². The van der Waals surface area contributed by atoms with Crippen molar-refractivity contribution in [2.45, 2.75) is 6.42 Å². The molecule has 2 nitrogen and oxygen atoms in total. The smallest absolute Gasteiger partial charge is 0.147 e. The number of rotatable bonds is 5. The van der Waals surface area contributed by atoms with Gasteiger partial charge in [-0.2, -0.15) is 0 Å². The van der Waals surface area contributed by atoms with E-state index in [0.29, 0.717) is 0 Å². The van der Waals surface area contributed by atoms with Crippen LogP contribution in [-0.4, -0.2) is 0 Å². The zero-order valence-electron chi connectivity index (χ0n) is 11.4. The monoisotopic (exact) mass is 377 g/mol. The Labute approximate surface area is 140 Å². The van der Waals surface area contributed by atoms with Gasteiger partial charge >= 0.3 is 128 Å². The van der Waals surface area contributed by atoms with Gasteiger partial charge in [0, 0.05) is 0 Å². The first-order chi connectivity index (χ1) is 9.92. The molecule has 0 atom stereocenters. The Morgan fingerprint density at radius 3 is 1.71 bits per heavy atom. The Bertz CT molecular complexity index is 570. The van der Waals surface area contributed by atoms with E-state index in [4.69, 9.17) is 5.63 Å². The van der Waals surface area contributed by atoms with Crippen LogP contribution in [0.15, 0.2) is 82.2 Å². The van der Waals surface area contributed by atoms with Crippen LogP contribution in [0.2, 0.25) is 0 Å². The molecule has 1 aliphatic carbocycles. The molecule has 21 heavy (non-hydrogen) atoms. The molecule has 0 aromatic heterocycles. The number of benzene rings is 2. The average molecular weight is 379 g/mol. The van der Waals surface area contributed by atoms with Gasteiger partial charge in [0.1, 0.15) is 0 Å². The summed E-state index contributed by atoms with van der Waals surface area (Å²) in [6.45, 7) is 0. The SMILES string of the molecule is C1=CC[C]([Zr]([O]c2ccccc2)[O]c2ccccc2)=C1.Cl. The molecule has 0 spiro atoms. The minimum absolute atomic E-state index is 0. The predicted molar refractivity (Wildman–Crippen MR) is 83.2 cm³/mol. The maximum absolute atomic E-state index is 6.17. The maximum atomic E-state index is 6.17. The van der Waals surface area contributed by atoms with E-state index in [0.717, 1.165) is 17.9 Å². The second kappa shape index (κ2) is 8.21. The maximum Gasteiger partial charge on any atom is -0.147 e. The molecule has 2 aromatic carbocycles. The molecule has 3 rings (SSSR count). The van der Waals surface area contributed by atoms with Crippen LogP contribution < -0.4 is 5.63 Å². The van der Waals surface area contributed by atoms with Crippen LogP contribution >= 0.6 is 12.4 Å². The molecule has 0 bridgehead atoms. The summed E-state index contributed by atoms with van der Waals surface area (Å²) in [5, 5.41) is 0. The van der Waals surface area contributed by atoms with Crippen LogP contribution in [-0.2, 0) is 22.6 Å². The van der Waals surface area contributed by atoms with Gasteiger partial charge in [-0.1, -0.05) is 0 Å². The van der Waals surface area contributed by atoms with Crippen LogP contribution in [0.1, 0.15) is 6.42 Å². The van der Waals surface area contributed by atoms with Gasteiger partial charge < -0.3 is 0 Å². The second-order valence-corrected chi connectivity index (χ2v) is 8.44. The topological polar surface area (TPSA) is 18.5 Å². The summed E-state index contributed by atoms with van der Waals surface area (Å²) < 4.78 is 13.7. The normalized spacial score (nSPS) is 12.3.